The van der Waals surface area contributed by atoms with Crippen molar-refractivity contribution in [2.45, 2.75) is 55.7 Å². The molecule has 1 aliphatic carbocycles. The lowest BCUT2D eigenvalue weighted by Gasteiger charge is -2.35. The fourth-order valence-electron chi connectivity index (χ4n) is 5.26. The maximum Gasteiger partial charge on any atom is 0.308 e. The van der Waals surface area contributed by atoms with Gasteiger partial charge in [-0.25, -0.2) is 4.98 Å². The maximum atomic E-state index is 13.3. The second-order valence-corrected chi connectivity index (χ2v) is 11.9. The first kappa shape index (κ1) is 27.1. The Hall–Kier alpha value is -2.51. The van der Waals surface area contributed by atoms with Crippen LogP contribution in [0, 0.1) is 5.92 Å². The van der Waals surface area contributed by atoms with E-state index in [1.807, 2.05) is 18.2 Å². The molecule has 1 aromatic carbocycles. The minimum atomic E-state index is -0.424. The van der Waals surface area contributed by atoms with E-state index in [9.17, 15) is 14.4 Å². The second kappa shape index (κ2) is 11.7. The van der Waals surface area contributed by atoms with Crippen LogP contribution in [0.4, 0.5) is 0 Å². The third-order valence-corrected chi connectivity index (χ3v) is 9.27. The Kier molecular flexibility index (Phi) is 8.34. The number of hydrogen-bond donors (Lipinski definition) is 3. The summed E-state index contributed by atoms with van der Waals surface area (Å²) in [6.45, 7) is 3.82. The molecule has 0 unspecified atom stereocenters. The zero-order chi connectivity index (χ0) is 26.8. The summed E-state index contributed by atoms with van der Waals surface area (Å²) in [5.74, 6) is -1.09. The van der Waals surface area contributed by atoms with Crippen molar-refractivity contribution >= 4 is 62.6 Å². The normalized spacial score (nSPS) is 21.6. The number of ether oxygens (including phenoxy) is 1. The number of aromatic nitrogens is 2. The number of carbonyl (C=O) groups excluding carboxylic acids is 3. The van der Waals surface area contributed by atoms with Gasteiger partial charge in [0.2, 0.25) is 0 Å². The number of hydrogen-bond acceptors (Lipinski definition) is 7. The molecular formula is C27H32IN5O4S. The fourth-order valence-corrected chi connectivity index (χ4v) is 6.83. The van der Waals surface area contributed by atoms with Gasteiger partial charge in [0.25, 0.3) is 11.8 Å². The molecule has 202 valence electrons. The van der Waals surface area contributed by atoms with Crippen molar-refractivity contribution in [2.75, 3.05) is 20.2 Å². The number of likely N-dealkylation sites (N-methyl/N-ethyl adjacent to an activating group) is 1. The molecule has 38 heavy (non-hydrogen) atoms. The number of alkyl halides is 1. The van der Waals surface area contributed by atoms with Gasteiger partial charge in [-0.05, 0) is 57.0 Å². The smallest absolute Gasteiger partial charge is 0.308 e. The van der Waals surface area contributed by atoms with Gasteiger partial charge in [-0.15, -0.1) is 11.3 Å². The number of esters is 1. The molecular weight excluding hydrogens is 617 g/mol. The van der Waals surface area contributed by atoms with Gasteiger partial charge in [-0.1, -0.05) is 28.7 Å². The lowest BCUT2D eigenvalue weighted by atomic mass is 9.82. The summed E-state index contributed by atoms with van der Waals surface area (Å²) in [6.07, 6.45) is 2.37. The third kappa shape index (κ3) is 5.89. The van der Waals surface area contributed by atoms with Gasteiger partial charge in [-0.3, -0.25) is 14.4 Å². The average molecular weight is 650 g/mol. The Balaban J connectivity index is 1.33. The van der Waals surface area contributed by atoms with Crippen LogP contribution in [-0.4, -0.2) is 64.9 Å². The van der Waals surface area contributed by atoms with Crippen molar-refractivity contribution in [1.29, 1.82) is 0 Å². The molecule has 3 aromatic rings. The van der Waals surface area contributed by atoms with E-state index in [-0.39, 0.29) is 29.7 Å². The molecule has 0 bridgehead atoms. The van der Waals surface area contributed by atoms with Gasteiger partial charge in [0.05, 0.1) is 24.3 Å². The molecule has 1 saturated carbocycles. The molecule has 1 fully saturated rings. The SMILES string of the molecule is CCOC(=O)[C@@H]1CC[C@@H](NC(=O)c2nc3c(s2)CN(C)CC3)[C@@H](NC(=O)c2cc3cc(CI)ccc3[nH]2)C1. The minimum Gasteiger partial charge on any atom is -0.466 e. The van der Waals surface area contributed by atoms with E-state index in [0.29, 0.717) is 36.6 Å². The molecule has 9 nitrogen and oxygen atoms in total. The predicted molar refractivity (Wildman–Crippen MR) is 155 cm³/mol. The molecule has 0 spiro atoms. The van der Waals surface area contributed by atoms with Gasteiger partial charge in [0.1, 0.15) is 5.69 Å². The van der Waals surface area contributed by atoms with Crippen LogP contribution in [-0.2, 0) is 26.9 Å². The van der Waals surface area contributed by atoms with Gasteiger partial charge >= 0.3 is 5.97 Å². The monoisotopic (exact) mass is 649 g/mol. The lowest BCUT2D eigenvalue weighted by molar-refractivity contribution is -0.149. The zero-order valence-electron chi connectivity index (χ0n) is 21.5. The van der Waals surface area contributed by atoms with Crippen LogP contribution >= 0.6 is 33.9 Å². The Bertz CT molecular complexity index is 1350. The lowest BCUT2D eigenvalue weighted by Crippen LogP contribution is -2.55. The quantitative estimate of drug-likeness (QED) is 0.204. The van der Waals surface area contributed by atoms with Crippen molar-refractivity contribution in [3.8, 4) is 0 Å². The first-order valence-corrected chi connectivity index (χ1v) is 15.3. The number of fused-ring (bicyclic) bond motifs is 2. The standard InChI is InChI=1S/C27H32IN5O4S/c1-3-37-27(36)16-5-7-19(30-25(35)26-32-20-8-9-33(2)14-23(20)38-26)21(11-16)31-24(34)22-12-17-10-15(13-28)4-6-18(17)29-22/h4,6,10,12,16,19,21,29H,3,5,7-9,11,13-14H2,1-2H3,(H,30,35)(H,31,34)/t16-,19-,21+/m1/s1. The number of halogens is 1. The van der Waals surface area contributed by atoms with Gasteiger partial charge in [0, 0.05) is 45.8 Å². The summed E-state index contributed by atoms with van der Waals surface area (Å²) in [5.41, 5.74) is 3.52. The molecule has 5 rings (SSSR count). The van der Waals surface area contributed by atoms with Crippen LogP contribution in [0.1, 0.15) is 62.6 Å². The Morgan fingerprint density at radius 1 is 1.18 bits per heavy atom. The van der Waals surface area contributed by atoms with E-state index in [1.54, 1.807) is 6.92 Å². The molecule has 0 saturated heterocycles. The number of nitrogens with one attached hydrogen (secondary N) is 3. The molecule has 1 aliphatic heterocycles. The van der Waals surface area contributed by atoms with E-state index in [1.165, 1.54) is 16.9 Å². The third-order valence-electron chi connectivity index (χ3n) is 7.30. The van der Waals surface area contributed by atoms with Crippen molar-refractivity contribution in [1.82, 2.24) is 25.5 Å². The summed E-state index contributed by atoms with van der Waals surface area (Å²) in [6, 6.07) is 7.18. The maximum absolute atomic E-state index is 13.3. The number of H-pyrrole nitrogens is 1. The zero-order valence-corrected chi connectivity index (χ0v) is 24.5. The van der Waals surface area contributed by atoms with Gasteiger partial charge in [0.15, 0.2) is 5.01 Å². The highest BCUT2D eigenvalue weighted by Crippen LogP contribution is 2.29. The number of thiazole rings is 1. The number of aromatic amines is 1. The number of benzene rings is 1. The topological polar surface area (TPSA) is 116 Å². The van der Waals surface area contributed by atoms with Crippen LogP contribution in [0.3, 0.4) is 0 Å². The van der Waals surface area contributed by atoms with Crippen LogP contribution in [0.25, 0.3) is 10.9 Å². The van der Waals surface area contributed by atoms with E-state index in [2.05, 4.69) is 61.2 Å². The summed E-state index contributed by atoms with van der Waals surface area (Å²) in [7, 11) is 2.06. The number of amides is 2. The number of rotatable bonds is 7. The van der Waals surface area contributed by atoms with E-state index < -0.39 is 6.04 Å². The Morgan fingerprint density at radius 3 is 2.79 bits per heavy atom. The first-order chi connectivity index (χ1) is 18.3. The van der Waals surface area contributed by atoms with E-state index >= 15 is 0 Å². The molecule has 2 aromatic heterocycles. The van der Waals surface area contributed by atoms with Crippen molar-refractivity contribution in [3.05, 3.63) is 51.1 Å². The number of nitrogens with zero attached hydrogens (tertiary/aromatic N) is 2. The largest absolute Gasteiger partial charge is 0.466 e. The average Bonchev–Trinajstić information content (AvgIpc) is 3.53. The van der Waals surface area contributed by atoms with E-state index in [0.717, 1.165) is 45.4 Å². The van der Waals surface area contributed by atoms with Crippen LogP contribution in [0.15, 0.2) is 24.3 Å². The van der Waals surface area contributed by atoms with Gasteiger partial charge < -0.3 is 25.3 Å². The Labute approximate surface area is 239 Å². The first-order valence-electron chi connectivity index (χ1n) is 13.0. The minimum absolute atomic E-state index is 0.233. The van der Waals surface area contributed by atoms with Crippen LogP contribution in [0.2, 0.25) is 0 Å². The highest BCUT2D eigenvalue weighted by molar-refractivity contribution is 14.1. The molecule has 3 heterocycles. The van der Waals surface area contributed by atoms with Crippen LogP contribution < -0.4 is 10.6 Å². The van der Waals surface area contributed by atoms with Crippen LogP contribution in [0.5, 0.6) is 0 Å². The van der Waals surface area contributed by atoms with Crippen molar-refractivity contribution in [3.63, 3.8) is 0 Å². The molecule has 2 amide bonds. The summed E-state index contributed by atoms with van der Waals surface area (Å²) in [4.78, 5) is 50.2. The Morgan fingerprint density at radius 2 is 2.00 bits per heavy atom. The molecule has 11 heteroatoms. The fraction of sp³-hybridized carbons (Fsp3) is 0.481. The summed E-state index contributed by atoms with van der Waals surface area (Å²) in [5, 5.41) is 7.63. The molecule has 3 atom stereocenters. The van der Waals surface area contributed by atoms with Gasteiger partial charge in [-0.2, -0.15) is 0 Å². The van der Waals surface area contributed by atoms with Crippen molar-refractivity contribution < 1.29 is 19.1 Å². The summed E-state index contributed by atoms with van der Waals surface area (Å²) < 4.78 is 6.15. The molecule has 2 aliphatic rings. The van der Waals surface area contributed by atoms with E-state index in [4.69, 9.17) is 4.74 Å². The second-order valence-electron chi connectivity index (χ2n) is 10.0. The summed E-state index contributed by atoms with van der Waals surface area (Å²) >= 11 is 3.75. The highest BCUT2D eigenvalue weighted by atomic mass is 127. The number of carbonyl (C=O) groups is 3. The molecule has 3 N–H and O–H groups in total. The highest BCUT2D eigenvalue weighted by Gasteiger charge is 2.37. The predicted octanol–water partition coefficient (Wildman–Crippen LogP) is 3.81. The van der Waals surface area contributed by atoms with Crippen molar-refractivity contribution in [2.24, 2.45) is 5.92 Å². The molecule has 0 radical (unpaired) electrons.